The molecule has 0 amide bonds. The van der Waals surface area contributed by atoms with E-state index in [-0.39, 0.29) is 0 Å². The second-order valence-electron chi connectivity index (χ2n) is 6.60. The summed E-state index contributed by atoms with van der Waals surface area (Å²) in [4.78, 5) is 2.61. The molecule has 0 unspecified atom stereocenters. The van der Waals surface area contributed by atoms with Gasteiger partial charge in [0.15, 0.2) is 5.11 Å². The Hall–Kier alpha value is -1.08. The smallest absolute Gasteiger partial charge is 0.171 e. The average Bonchev–Trinajstić information content (AvgIpc) is 2.63. The first kappa shape index (κ1) is 18.7. The molecule has 2 saturated heterocycles. The molecule has 2 aliphatic heterocycles. The summed E-state index contributed by atoms with van der Waals surface area (Å²) in [5.41, 5.74) is 0.784. The molecule has 0 aliphatic carbocycles. The number of halogens is 1. The third kappa shape index (κ3) is 5.20. The summed E-state index contributed by atoms with van der Waals surface area (Å²) in [6, 6.07) is 6.55. The lowest BCUT2D eigenvalue weighted by Gasteiger charge is -2.39. The highest BCUT2D eigenvalue weighted by molar-refractivity contribution is 7.80. The van der Waals surface area contributed by atoms with E-state index in [4.69, 9.17) is 33.3 Å². The summed E-state index contributed by atoms with van der Waals surface area (Å²) in [5, 5.41) is 7.90. The van der Waals surface area contributed by atoms with Gasteiger partial charge in [-0.2, -0.15) is 0 Å². The van der Waals surface area contributed by atoms with Gasteiger partial charge in [0.25, 0.3) is 0 Å². The van der Waals surface area contributed by atoms with Crippen LogP contribution in [0.15, 0.2) is 18.2 Å². The van der Waals surface area contributed by atoms with Crippen LogP contribution in [0.1, 0.15) is 25.7 Å². The lowest BCUT2D eigenvalue weighted by atomic mass is 10.00. The third-order valence-corrected chi connectivity index (χ3v) is 5.44. The maximum absolute atomic E-state index is 6.07. The molecule has 5 nitrogen and oxygen atoms in total. The van der Waals surface area contributed by atoms with Gasteiger partial charge in [0, 0.05) is 43.4 Å². The first-order valence-electron chi connectivity index (χ1n) is 8.88. The number of anilines is 1. The number of rotatable bonds is 4. The summed E-state index contributed by atoms with van der Waals surface area (Å²) in [6.07, 6.45) is 4.52. The zero-order valence-corrected chi connectivity index (χ0v) is 16.2. The van der Waals surface area contributed by atoms with Crippen molar-refractivity contribution in [2.75, 3.05) is 38.7 Å². The second-order valence-corrected chi connectivity index (χ2v) is 7.44. The van der Waals surface area contributed by atoms with Crippen LogP contribution in [-0.4, -0.2) is 55.5 Å². The molecule has 3 rings (SSSR count). The summed E-state index contributed by atoms with van der Waals surface area (Å²) in [7, 11) is 1.64. The summed E-state index contributed by atoms with van der Waals surface area (Å²) in [5.74, 6) is 0.725. The fourth-order valence-corrected chi connectivity index (χ4v) is 4.03. The Bertz CT molecular complexity index is 588. The van der Waals surface area contributed by atoms with Crippen molar-refractivity contribution in [3.63, 3.8) is 0 Å². The van der Waals surface area contributed by atoms with Crippen LogP contribution in [0.4, 0.5) is 5.69 Å². The summed E-state index contributed by atoms with van der Waals surface area (Å²) >= 11 is 11.5. The number of piperidine rings is 1. The van der Waals surface area contributed by atoms with Crippen LogP contribution in [0.3, 0.4) is 0 Å². The van der Waals surface area contributed by atoms with E-state index in [0.717, 1.165) is 63.4 Å². The lowest BCUT2D eigenvalue weighted by Crippen LogP contribution is -2.49. The third-order valence-electron chi connectivity index (χ3n) is 4.98. The number of benzene rings is 1. The van der Waals surface area contributed by atoms with E-state index < -0.39 is 0 Å². The zero-order chi connectivity index (χ0) is 17.6. The van der Waals surface area contributed by atoms with Gasteiger partial charge in [-0.05, 0) is 56.1 Å². The first-order valence-corrected chi connectivity index (χ1v) is 9.67. The number of thiocarbonyl (C=S) groups is 1. The number of likely N-dealkylation sites (tertiary alicyclic amines) is 1. The van der Waals surface area contributed by atoms with Gasteiger partial charge in [0.1, 0.15) is 5.75 Å². The highest BCUT2D eigenvalue weighted by Crippen LogP contribution is 2.27. The Morgan fingerprint density at radius 1 is 1.24 bits per heavy atom. The lowest BCUT2D eigenvalue weighted by molar-refractivity contribution is 0.0247. The number of methoxy groups -OCH3 is 1. The van der Waals surface area contributed by atoms with Gasteiger partial charge < -0.3 is 25.0 Å². The van der Waals surface area contributed by atoms with Gasteiger partial charge in [-0.25, -0.2) is 0 Å². The average molecular weight is 384 g/mol. The van der Waals surface area contributed by atoms with Gasteiger partial charge in [-0.1, -0.05) is 11.6 Å². The Morgan fingerprint density at radius 2 is 1.96 bits per heavy atom. The molecule has 2 aliphatic rings. The Labute approximate surface area is 160 Å². The first-order chi connectivity index (χ1) is 12.2. The highest BCUT2D eigenvalue weighted by Gasteiger charge is 2.26. The predicted octanol–water partition coefficient (Wildman–Crippen LogP) is 3.28. The number of nitrogens with zero attached hydrogens (tertiary/aromatic N) is 1. The quantitative estimate of drug-likeness (QED) is 0.778. The van der Waals surface area contributed by atoms with Crippen molar-refractivity contribution in [3.05, 3.63) is 23.2 Å². The molecule has 0 radical (unpaired) electrons. The van der Waals surface area contributed by atoms with Crippen LogP contribution in [0.2, 0.25) is 5.02 Å². The molecule has 25 heavy (non-hydrogen) atoms. The maximum atomic E-state index is 6.07. The Morgan fingerprint density at radius 3 is 2.64 bits per heavy atom. The highest BCUT2D eigenvalue weighted by atomic mass is 35.5. The second kappa shape index (κ2) is 9.03. The molecular formula is C18H26ClN3O2S. The molecule has 2 fully saturated rings. The molecule has 0 atom stereocenters. The Balaban J connectivity index is 1.47. The van der Waals surface area contributed by atoms with E-state index in [9.17, 15) is 0 Å². The van der Waals surface area contributed by atoms with Crippen LogP contribution >= 0.6 is 23.8 Å². The topological polar surface area (TPSA) is 45.8 Å². The van der Waals surface area contributed by atoms with Crippen LogP contribution in [-0.2, 0) is 4.74 Å². The molecule has 1 aromatic rings. The van der Waals surface area contributed by atoms with Crippen molar-refractivity contribution in [3.8, 4) is 5.75 Å². The van der Waals surface area contributed by atoms with Crippen molar-refractivity contribution >= 4 is 34.6 Å². The van der Waals surface area contributed by atoms with E-state index in [0.29, 0.717) is 22.2 Å². The van der Waals surface area contributed by atoms with Crippen molar-refractivity contribution in [2.24, 2.45) is 0 Å². The molecule has 0 spiro atoms. The molecule has 0 saturated carbocycles. The molecule has 0 bridgehead atoms. The zero-order valence-electron chi connectivity index (χ0n) is 14.6. The monoisotopic (exact) mass is 383 g/mol. The minimum Gasteiger partial charge on any atom is -0.495 e. The largest absolute Gasteiger partial charge is 0.495 e. The van der Waals surface area contributed by atoms with Crippen molar-refractivity contribution < 1.29 is 9.47 Å². The van der Waals surface area contributed by atoms with Gasteiger partial charge in [0.2, 0.25) is 0 Å². The normalized spacial score (nSPS) is 20.2. The SMILES string of the molecule is COc1ccc(Cl)cc1NC(=S)NC1CCN(C2CCOCC2)CC1. The number of hydrogen-bond donors (Lipinski definition) is 2. The number of hydrogen-bond acceptors (Lipinski definition) is 4. The van der Waals surface area contributed by atoms with E-state index in [1.807, 2.05) is 12.1 Å². The number of ether oxygens (including phenoxy) is 2. The van der Waals surface area contributed by atoms with E-state index in [1.165, 1.54) is 0 Å². The molecular weight excluding hydrogens is 358 g/mol. The van der Waals surface area contributed by atoms with Crippen LogP contribution in [0.25, 0.3) is 0 Å². The molecule has 2 N–H and O–H groups in total. The van der Waals surface area contributed by atoms with E-state index >= 15 is 0 Å². The standard InChI is InChI=1S/C18H26ClN3O2S/c1-23-17-3-2-13(19)12-16(17)21-18(25)20-14-4-8-22(9-5-14)15-6-10-24-11-7-15/h2-3,12,14-15H,4-11H2,1H3,(H2,20,21,25). The van der Waals surface area contributed by atoms with Gasteiger partial charge >= 0.3 is 0 Å². The van der Waals surface area contributed by atoms with Gasteiger partial charge in [-0.3, -0.25) is 0 Å². The summed E-state index contributed by atoms with van der Waals surface area (Å²) < 4.78 is 10.8. The van der Waals surface area contributed by atoms with E-state index in [1.54, 1.807) is 13.2 Å². The molecule has 2 heterocycles. The van der Waals surface area contributed by atoms with Crippen LogP contribution in [0, 0.1) is 0 Å². The van der Waals surface area contributed by atoms with Crippen molar-refractivity contribution in [1.82, 2.24) is 10.2 Å². The van der Waals surface area contributed by atoms with Crippen molar-refractivity contribution in [1.29, 1.82) is 0 Å². The minimum absolute atomic E-state index is 0.404. The van der Waals surface area contributed by atoms with Crippen LogP contribution < -0.4 is 15.4 Å². The molecule has 1 aromatic carbocycles. The number of nitrogens with one attached hydrogen (secondary N) is 2. The maximum Gasteiger partial charge on any atom is 0.171 e. The molecule has 0 aromatic heterocycles. The van der Waals surface area contributed by atoms with Gasteiger partial charge in [-0.15, -0.1) is 0 Å². The van der Waals surface area contributed by atoms with E-state index in [2.05, 4.69) is 15.5 Å². The summed E-state index contributed by atoms with van der Waals surface area (Å²) in [6.45, 7) is 4.04. The molecule has 7 heteroatoms. The fourth-order valence-electron chi connectivity index (χ4n) is 3.58. The van der Waals surface area contributed by atoms with Crippen LogP contribution in [0.5, 0.6) is 5.75 Å². The fraction of sp³-hybridized carbons (Fsp3) is 0.611. The Kier molecular flexibility index (Phi) is 6.76. The minimum atomic E-state index is 0.404. The van der Waals surface area contributed by atoms with Crippen molar-refractivity contribution in [2.45, 2.75) is 37.8 Å². The van der Waals surface area contributed by atoms with Gasteiger partial charge in [0.05, 0.1) is 12.8 Å². The molecule has 138 valence electrons. The predicted molar refractivity (Wildman–Crippen MR) is 106 cm³/mol.